The van der Waals surface area contributed by atoms with E-state index in [1.165, 1.54) is 347 Å². The van der Waals surface area contributed by atoms with Crippen molar-refractivity contribution in [1.82, 2.24) is 0 Å². The maximum atomic E-state index is 12.9. The lowest BCUT2D eigenvalue weighted by atomic mass is 10.0. The van der Waals surface area contributed by atoms with Crippen LogP contribution in [0.25, 0.3) is 0 Å². The van der Waals surface area contributed by atoms with Gasteiger partial charge in [-0.2, -0.15) is 0 Å². The van der Waals surface area contributed by atoms with E-state index in [-0.39, 0.29) is 31.1 Å². The smallest absolute Gasteiger partial charge is 0.306 e. The molecular formula is C77H148O6. The molecule has 0 aromatic carbocycles. The second-order valence-corrected chi connectivity index (χ2v) is 26.3. The minimum Gasteiger partial charge on any atom is -0.462 e. The van der Waals surface area contributed by atoms with Crippen LogP contribution < -0.4 is 0 Å². The quantitative estimate of drug-likeness (QED) is 0.0261. The molecule has 1 atom stereocenters. The van der Waals surface area contributed by atoms with Crippen molar-refractivity contribution in [2.45, 2.75) is 451 Å². The lowest BCUT2D eigenvalue weighted by Gasteiger charge is -2.18. The Morgan fingerprint density at radius 1 is 0.229 bits per heavy atom. The molecule has 0 aromatic heterocycles. The summed E-state index contributed by atoms with van der Waals surface area (Å²) in [5, 5.41) is 0. The Balaban J connectivity index is 4.02. The van der Waals surface area contributed by atoms with Gasteiger partial charge >= 0.3 is 17.9 Å². The summed E-state index contributed by atoms with van der Waals surface area (Å²) in [7, 11) is 0. The number of allylic oxidation sites excluding steroid dienone is 2. The molecule has 0 radical (unpaired) electrons. The number of unbranched alkanes of at least 4 members (excludes halogenated alkanes) is 59. The van der Waals surface area contributed by atoms with Gasteiger partial charge in [-0.1, -0.05) is 392 Å². The van der Waals surface area contributed by atoms with Crippen molar-refractivity contribution in [3.63, 3.8) is 0 Å². The standard InChI is InChI=1S/C77H148O6/c1-4-7-10-13-16-19-21-23-25-27-29-31-33-35-36-37-38-39-40-42-43-45-47-49-51-53-55-58-61-64-67-70-76(79)82-73-74(72-81-75(78)69-66-63-60-57-18-15-12-9-6-3)83-77(80)71-68-65-62-59-56-54-52-50-48-46-44-41-34-32-30-28-26-24-22-20-17-14-11-8-5-2/h27,29,74H,4-26,28,30-73H2,1-3H3/b29-27-. The third-order valence-corrected chi connectivity index (χ3v) is 17.8. The van der Waals surface area contributed by atoms with Crippen molar-refractivity contribution in [3.8, 4) is 0 Å². The highest BCUT2D eigenvalue weighted by Crippen LogP contribution is 2.20. The summed E-state index contributed by atoms with van der Waals surface area (Å²) in [6.07, 6.45) is 88.6. The number of carbonyl (C=O) groups is 3. The lowest BCUT2D eigenvalue weighted by Crippen LogP contribution is -2.30. The first-order valence-electron chi connectivity index (χ1n) is 38.2. The Morgan fingerprint density at radius 2 is 0.398 bits per heavy atom. The predicted octanol–water partition coefficient (Wildman–Crippen LogP) is 26.3. The summed E-state index contributed by atoms with van der Waals surface area (Å²) in [6, 6.07) is 0. The Bertz CT molecular complexity index is 1300. The molecule has 83 heavy (non-hydrogen) atoms. The van der Waals surface area contributed by atoms with Crippen LogP contribution >= 0.6 is 0 Å². The van der Waals surface area contributed by atoms with E-state index >= 15 is 0 Å². The Labute approximate surface area is 520 Å². The molecule has 1 unspecified atom stereocenters. The number of hydrogen-bond acceptors (Lipinski definition) is 6. The third kappa shape index (κ3) is 70.8. The van der Waals surface area contributed by atoms with Crippen LogP contribution in [0.1, 0.15) is 445 Å². The zero-order valence-electron chi connectivity index (χ0n) is 56.8. The average Bonchev–Trinajstić information content (AvgIpc) is 3.49. The first kappa shape index (κ1) is 81.2. The van der Waals surface area contributed by atoms with E-state index in [0.717, 1.165) is 57.8 Å². The average molecular weight is 1170 g/mol. The highest BCUT2D eigenvalue weighted by atomic mass is 16.6. The van der Waals surface area contributed by atoms with Crippen LogP contribution in [0.2, 0.25) is 0 Å². The van der Waals surface area contributed by atoms with E-state index in [1.807, 2.05) is 0 Å². The third-order valence-electron chi connectivity index (χ3n) is 17.8. The van der Waals surface area contributed by atoms with Crippen molar-refractivity contribution in [2.24, 2.45) is 0 Å². The molecule has 0 aliphatic heterocycles. The summed E-state index contributed by atoms with van der Waals surface area (Å²) in [6.45, 7) is 6.72. The summed E-state index contributed by atoms with van der Waals surface area (Å²) in [5.74, 6) is -0.827. The predicted molar refractivity (Wildman–Crippen MR) is 363 cm³/mol. The van der Waals surface area contributed by atoms with Crippen molar-refractivity contribution in [2.75, 3.05) is 13.2 Å². The lowest BCUT2D eigenvalue weighted by molar-refractivity contribution is -0.167. The van der Waals surface area contributed by atoms with Gasteiger partial charge in [0.25, 0.3) is 0 Å². The minimum atomic E-state index is -0.764. The summed E-state index contributed by atoms with van der Waals surface area (Å²) >= 11 is 0. The highest BCUT2D eigenvalue weighted by Gasteiger charge is 2.20. The van der Waals surface area contributed by atoms with Crippen LogP contribution in [0.3, 0.4) is 0 Å². The van der Waals surface area contributed by atoms with E-state index in [2.05, 4.69) is 32.9 Å². The highest BCUT2D eigenvalue weighted by molar-refractivity contribution is 5.71. The van der Waals surface area contributed by atoms with Gasteiger partial charge < -0.3 is 14.2 Å². The molecule has 0 rings (SSSR count). The Hall–Kier alpha value is -1.85. The van der Waals surface area contributed by atoms with E-state index in [4.69, 9.17) is 14.2 Å². The summed E-state index contributed by atoms with van der Waals surface area (Å²) < 4.78 is 17.0. The van der Waals surface area contributed by atoms with Gasteiger partial charge in [-0.15, -0.1) is 0 Å². The molecule has 0 saturated heterocycles. The molecule has 6 heteroatoms. The van der Waals surface area contributed by atoms with E-state index in [9.17, 15) is 14.4 Å². The van der Waals surface area contributed by atoms with Crippen LogP contribution in [0.15, 0.2) is 12.2 Å². The van der Waals surface area contributed by atoms with Gasteiger partial charge in [0.15, 0.2) is 6.10 Å². The first-order valence-corrected chi connectivity index (χ1v) is 38.2. The second kappa shape index (κ2) is 72.6. The molecule has 0 heterocycles. The molecule has 0 aromatic rings. The molecule has 0 spiro atoms. The van der Waals surface area contributed by atoms with Crippen LogP contribution in [0.4, 0.5) is 0 Å². The van der Waals surface area contributed by atoms with Crippen molar-refractivity contribution in [1.29, 1.82) is 0 Å². The van der Waals surface area contributed by atoms with Gasteiger partial charge in [-0.25, -0.2) is 0 Å². The van der Waals surface area contributed by atoms with Crippen molar-refractivity contribution >= 4 is 17.9 Å². The van der Waals surface area contributed by atoms with Crippen LogP contribution in [-0.2, 0) is 28.6 Å². The fraction of sp³-hybridized carbons (Fsp3) is 0.935. The number of hydrogen-bond donors (Lipinski definition) is 0. The van der Waals surface area contributed by atoms with E-state index in [1.54, 1.807) is 0 Å². The van der Waals surface area contributed by atoms with Crippen molar-refractivity contribution < 1.29 is 28.6 Å². The molecule has 492 valence electrons. The normalized spacial score (nSPS) is 12.0. The molecule has 0 fully saturated rings. The monoisotopic (exact) mass is 1170 g/mol. The molecule has 6 nitrogen and oxygen atoms in total. The molecule has 0 N–H and O–H groups in total. The maximum absolute atomic E-state index is 12.9. The second-order valence-electron chi connectivity index (χ2n) is 26.3. The largest absolute Gasteiger partial charge is 0.462 e. The fourth-order valence-electron chi connectivity index (χ4n) is 12.0. The van der Waals surface area contributed by atoms with Gasteiger partial charge in [-0.3, -0.25) is 14.4 Å². The van der Waals surface area contributed by atoms with Gasteiger partial charge in [0.1, 0.15) is 13.2 Å². The Kier molecular flexibility index (Phi) is 71.0. The molecule has 0 aliphatic rings. The molecule has 0 aliphatic carbocycles. The fourth-order valence-corrected chi connectivity index (χ4v) is 12.0. The van der Waals surface area contributed by atoms with E-state index in [0.29, 0.717) is 19.3 Å². The van der Waals surface area contributed by atoms with Crippen LogP contribution in [0.5, 0.6) is 0 Å². The summed E-state index contributed by atoms with van der Waals surface area (Å²) in [4.78, 5) is 38.4. The molecular weight excluding hydrogens is 1020 g/mol. The SMILES string of the molecule is CCCCCCCCCC/C=C\CCCCCCCCCCCCCCCCCCCCCC(=O)OCC(COC(=O)CCCCCCCCCCC)OC(=O)CCCCCCCCCCCCCCCCCCCCCCCCCCC. The zero-order valence-corrected chi connectivity index (χ0v) is 56.8. The molecule has 0 bridgehead atoms. The number of esters is 3. The van der Waals surface area contributed by atoms with Gasteiger partial charge in [0.2, 0.25) is 0 Å². The van der Waals surface area contributed by atoms with Gasteiger partial charge in [0, 0.05) is 19.3 Å². The number of carbonyl (C=O) groups excluding carboxylic acids is 3. The van der Waals surface area contributed by atoms with Gasteiger partial charge in [-0.05, 0) is 44.9 Å². The van der Waals surface area contributed by atoms with Crippen molar-refractivity contribution in [3.05, 3.63) is 12.2 Å². The topological polar surface area (TPSA) is 78.9 Å². The molecule has 0 saturated carbocycles. The minimum absolute atomic E-state index is 0.0621. The van der Waals surface area contributed by atoms with Gasteiger partial charge in [0.05, 0.1) is 0 Å². The van der Waals surface area contributed by atoms with Crippen LogP contribution in [0, 0.1) is 0 Å². The number of rotatable bonds is 72. The first-order chi connectivity index (χ1) is 41.0. The molecule has 0 amide bonds. The summed E-state index contributed by atoms with van der Waals surface area (Å²) in [5.41, 5.74) is 0. The maximum Gasteiger partial charge on any atom is 0.306 e. The number of ether oxygens (including phenoxy) is 3. The van der Waals surface area contributed by atoms with E-state index < -0.39 is 6.10 Å². The zero-order chi connectivity index (χ0) is 59.9. The van der Waals surface area contributed by atoms with Crippen LogP contribution in [-0.4, -0.2) is 37.2 Å². The Morgan fingerprint density at radius 3 is 0.602 bits per heavy atom.